The fourth-order valence-corrected chi connectivity index (χ4v) is 2.06. The highest BCUT2D eigenvalue weighted by Crippen LogP contribution is 2.31. The second-order valence-electron chi connectivity index (χ2n) is 4.04. The van der Waals surface area contributed by atoms with Crippen molar-refractivity contribution in [3.05, 3.63) is 42.1 Å². The molecule has 0 aromatic heterocycles. The van der Waals surface area contributed by atoms with Crippen LogP contribution in [0.15, 0.2) is 36.5 Å². The van der Waals surface area contributed by atoms with Crippen molar-refractivity contribution in [2.45, 2.75) is 12.8 Å². The van der Waals surface area contributed by atoms with Crippen molar-refractivity contribution in [2.24, 2.45) is 0 Å². The Morgan fingerprint density at radius 2 is 2.22 bits per heavy atom. The van der Waals surface area contributed by atoms with Crippen molar-refractivity contribution < 1.29 is 14.3 Å². The highest BCUT2D eigenvalue weighted by atomic mass is 16.6. The van der Waals surface area contributed by atoms with Gasteiger partial charge in [0.15, 0.2) is 0 Å². The average Bonchev–Trinajstić information content (AvgIpc) is 2.88. The van der Waals surface area contributed by atoms with Crippen LogP contribution in [-0.2, 0) is 4.74 Å². The number of hydrogen-bond donors (Lipinski definition) is 0. The Labute approximate surface area is 107 Å². The number of para-hydroxylation sites is 1. The molecular formula is C14H17NO3. The van der Waals surface area contributed by atoms with Crippen LogP contribution in [0.3, 0.4) is 0 Å². The Balaban J connectivity index is 2.09. The lowest BCUT2D eigenvalue weighted by Gasteiger charge is -2.17. The molecule has 1 aromatic carbocycles. The number of hydrogen-bond acceptors (Lipinski definition) is 3. The summed E-state index contributed by atoms with van der Waals surface area (Å²) < 4.78 is 10.3. The van der Waals surface area contributed by atoms with Gasteiger partial charge < -0.3 is 9.47 Å². The molecule has 1 heterocycles. The van der Waals surface area contributed by atoms with Crippen molar-refractivity contribution in [1.29, 1.82) is 0 Å². The maximum atomic E-state index is 11.6. The molecular weight excluding hydrogens is 230 g/mol. The minimum absolute atomic E-state index is 0.158. The van der Waals surface area contributed by atoms with E-state index >= 15 is 0 Å². The van der Waals surface area contributed by atoms with Crippen molar-refractivity contribution in [2.75, 3.05) is 20.3 Å². The number of amides is 1. The molecule has 1 atom stereocenters. The fraction of sp³-hybridized carbons (Fsp3) is 0.357. The molecule has 4 nitrogen and oxygen atoms in total. The van der Waals surface area contributed by atoms with Gasteiger partial charge in [-0.3, -0.25) is 4.90 Å². The molecule has 0 saturated heterocycles. The molecule has 1 aliphatic heterocycles. The van der Waals surface area contributed by atoms with E-state index in [0.717, 1.165) is 11.3 Å². The summed E-state index contributed by atoms with van der Waals surface area (Å²) in [7, 11) is 1.65. The molecule has 0 aliphatic carbocycles. The Morgan fingerprint density at radius 3 is 2.94 bits per heavy atom. The third kappa shape index (κ3) is 2.47. The topological polar surface area (TPSA) is 38.8 Å². The van der Waals surface area contributed by atoms with Crippen LogP contribution in [0.2, 0.25) is 0 Å². The second kappa shape index (κ2) is 5.58. The minimum atomic E-state index is -0.300. The van der Waals surface area contributed by atoms with Gasteiger partial charge in [-0.05, 0) is 13.0 Å². The van der Waals surface area contributed by atoms with Crippen LogP contribution in [0.5, 0.6) is 5.75 Å². The molecule has 0 saturated carbocycles. The maximum Gasteiger partial charge on any atom is 0.413 e. The van der Waals surface area contributed by atoms with E-state index in [1.807, 2.05) is 30.3 Å². The summed E-state index contributed by atoms with van der Waals surface area (Å²) >= 11 is 0. The first kappa shape index (κ1) is 12.5. The van der Waals surface area contributed by atoms with Gasteiger partial charge in [-0.25, -0.2) is 4.79 Å². The van der Waals surface area contributed by atoms with Gasteiger partial charge in [-0.15, -0.1) is 0 Å². The minimum Gasteiger partial charge on any atom is -0.496 e. The van der Waals surface area contributed by atoms with E-state index in [0.29, 0.717) is 13.2 Å². The van der Waals surface area contributed by atoms with Crippen molar-refractivity contribution >= 4 is 6.09 Å². The lowest BCUT2D eigenvalue weighted by atomic mass is 9.99. The highest BCUT2D eigenvalue weighted by Gasteiger charge is 2.24. The number of benzene rings is 1. The molecule has 0 bridgehead atoms. The zero-order valence-electron chi connectivity index (χ0n) is 10.6. The predicted octanol–water partition coefficient (Wildman–Crippen LogP) is 2.76. The van der Waals surface area contributed by atoms with Gasteiger partial charge in [0, 0.05) is 24.2 Å². The Morgan fingerprint density at radius 1 is 1.44 bits per heavy atom. The summed E-state index contributed by atoms with van der Waals surface area (Å²) in [6.07, 6.45) is 3.47. The van der Waals surface area contributed by atoms with Gasteiger partial charge in [0.2, 0.25) is 0 Å². The maximum absolute atomic E-state index is 11.6. The fourth-order valence-electron chi connectivity index (χ4n) is 2.06. The number of carbonyl (C=O) groups excluding carboxylic acids is 1. The molecule has 1 unspecified atom stereocenters. The van der Waals surface area contributed by atoms with E-state index in [9.17, 15) is 4.79 Å². The third-order valence-corrected chi connectivity index (χ3v) is 2.93. The summed E-state index contributed by atoms with van der Waals surface area (Å²) in [6, 6.07) is 7.85. The van der Waals surface area contributed by atoms with E-state index in [1.165, 1.54) is 0 Å². The van der Waals surface area contributed by atoms with Crippen molar-refractivity contribution in [3.63, 3.8) is 0 Å². The summed E-state index contributed by atoms with van der Waals surface area (Å²) in [5.41, 5.74) is 1.09. The summed E-state index contributed by atoms with van der Waals surface area (Å²) in [5.74, 6) is 1.00. The molecule has 1 aromatic rings. The number of nitrogens with zero attached hydrogens (tertiary/aromatic N) is 1. The third-order valence-electron chi connectivity index (χ3n) is 2.93. The first-order valence-corrected chi connectivity index (χ1v) is 6.01. The van der Waals surface area contributed by atoms with Gasteiger partial charge in [-0.1, -0.05) is 24.3 Å². The van der Waals surface area contributed by atoms with E-state index in [1.54, 1.807) is 25.1 Å². The van der Waals surface area contributed by atoms with Crippen LogP contribution in [0.4, 0.5) is 4.79 Å². The normalized spacial score (nSPS) is 17.9. The Kier molecular flexibility index (Phi) is 3.87. The first-order valence-electron chi connectivity index (χ1n) is 6.01. The predicted molar refractivity (Wildman–Crippen MR) is 68.6 cm³/mol. The molecule has 4 heteroatoms. The zero-order chi connectivity index (χ0) is 13.0. The van der Waals surface area contributed by atoms with E-state index < -0.39 is 0 Å². The quantitative estimate of drug-likeness (QED) is 0.824. The summed E-state index contributed by atoms with van der Waals surface area (Å²) in [4.78, 5) is 13.2. The van der Waals surface area contributed by atoms with Gasteiger partial charge >= 0.3 is 6.09 Å². The van der Waals surface area contributed by atoms with Gasteiger partial charge in [-0.2, -0.15) is 0 Å². The number of rotatable bonds is 3. The molecule has 2 rings (SSSR count). The van der Waals surface area contributed by atoms with Crippen LogP contribution >= 0.6 is 0 Å². The molecule has 1 aliphatic rings. The van der Waals surface area contributed by atoms with Crippen molar-refractivity contribution in [1.82, 2.24) is 4.90 Å². The smallest absolute Gasteiger partial charge is 0.413 e. The molecule has 0 spiro atoms. The van der Waals surface area contributed by atoms with Crippen LogP contribution in [-0.4, -0.2) is 31.3 Å². The lowest BCUT2D eigenvalue weighted by molar-refractivity contribution is 0.124. The molecule has 0 N–H and O–H groups in total. The van der Waals surface area contributed by atoms with Crippen LogP contribution in [0.25, 0.3) is 0 Å². The van der Waals surface area contributed by atoms with Crippen molar-refractivity contribution in [3.8, 4) is 5.75 Å². The van der Waals surface area contributed by atoms with E-state index in [4.69, 9.17) is 9.47 Å². The monoisotopic (exact) mass is 247 g/mol. The highest BCUT2D eigenvalue weighted by molar-refractivity contribution is 5.69. The number of carbonyl (C=O) groups is 1. The molecule has 96 valence electrons. The number of methoxy groups -OCH3 is 1. The largest absolute Gasteiger partial charge is 0.496 e. The molecule has 1 amide bonds. The van der Waals surface area contributed by atoms with Crippen LogP contribution in [0, 0.1) is 0 Å². The second-order valence-corrected chi connectivity index (χ2v) is 4.04. The summed E-state index contributed by atoms with van der Waals surface area (Å²) in [5, 5.41) is 0. The van der Waals surface area contributed by atoms with Crippen LogP contribution < -0.4 is 4.74 Å². The Bertz CT molecular complexity index is 456. The SMILES string of the molecule is CCOC(=O)N1C=CC(c2ccccc2OC)C1. The van der Waals surface area contributed by atoms with E-state index in [2.05, 4.69) is 0 Å². The van der Waals surface area contributed by atoms with E-state index in [-0.39, 0.29) is 12.0 Å². The number of ether oxygens (including phenoxy) is 2. The molecule has 0 radical (unpaired) electrons. The standard InChI is InChI=1S/C14H17NO3/c1-3-18-14(16)15-9-8-11(10-15)12-6-4-5-7-13(12)17-2/h4-9,11H,3,10H2,1-2H3. The zero-order valence-corrected chi connectivity index (χ0v) is 10.6. The molecule has 0 fully saturated rings. The van der Waals surface area contributed by atoms with Gasteiger partial charge in [0.25, 0.3) is 0 Å². The lowest BCUT2D eigenvalue weighted by Crippen LogP contribution is -2.26. The Hall–Kier alpha value is -1.97. The summed E-state index contributed by atoms with van der Waals surface area (Å²) in [6.45, 7) is 2.79. The molecule has 18 heavy (non-hydrogen) atoms. The van der Waals surface area contributed by atoms with Crippen LogP contribution in [0.1, 0.15) is 18.4 Å². The average molecular weight is 247 g/mol. The van der Waals surface area contributed by atoms with Gasteiger partial charge in [0.05, 0.1) is 13.7 Å². The van der Waals surface area contributed by atoms with Gasteiger partial charge in [0.1, 0.15) is 5.75 Å². The first-order chi connectivity index (χ1) is 8.76.